The first-order chi connectivity index (χ1) is 14.1. The topological polar surface area (TPSA) is 95.9 Å². The van der Waals surface area contributed by atoms with Gasteiger partial charge in [0.05, 0.1) is 6.33 Å². The Hall–Kier alpha value is -3.42. The van der Waals surface area contributed by atoms with E-state index in [1.165, 1.54) is 5.56 Å². The number of benzene rings is 1. The zero-order valence-corrected chi connectivity index (χ0v) is 16.4. The van der Waals surface area contributed by atoms with Gasteiger partial charge in [0.25, 0.3) is 11.8 Å². The molecule has 0 bridgehead atoms. The molecule has 150 valence electrons. The molecule has 0 saturated carbocycles. The first kappa shape index (κ1) is 18.9. The highest BCUT2D eigenvalue weighted by Gasteiger charge is 2.26. The van der Waals surface area contributed by atoms with Crippen molar-refractivity contribution in [2.45, 2.75) is 32.9 Å². The summed E-state index contributed by atoms with van der Waals surface area (Å²) < 4.78 is 1.65. The monoisotopic (exact) mass is 392 g/mol. The van der Waals surface area contributed by atoms with Crippen molar-refractivity contribution >= 4 is 11.8 Å². The quantitative estimate of drug-likeness (QED) is 0.670. The standard InChI is InChI=1S/C21H24N6O2/c1-15-3-5-16(6-4-15)13-26-9-2-10-27-19(21(26)29)11-18(25-27)20(28)23-8-7-17-12-22-14-24-17/h3-6,11-12,14H,2,7-10,13H2,1H3,(H,22,24)(H,23,28). The SMILES string of the molecule is Cc1ccc(CN2CCCn3nc(C(=O)NCCc4cnc[nH]4)cc3C2=O)cc1. The van der Waals surface area contributed by atoms with Crippen LogP contribution < -0.4 is 5.32 Å². The van der Waals surface area contributed by atoms with Crippen LogP contribution in [0, 0.1) is 6.92 Å². The Bertz CT molecular complexity index is 991. The molecule has 1 aliphatic heterocycles. The molecule has 0 atom stereocenters. The number of carbonyl (C=O) groups is 2. The van der Waals surface area contributed by atoms with Crippen molar-refractivity contribution in [2.24, 2.45) is 0 Å². The summed E-state index contributed by atoms with van der Waals surface area (Å²) in [4.78, 5) is 34.3. The molecule has 8 nitrogen and oxygen atoms in total. The van der Waals surface area contributed by atoms with Gasteiger partial charge in [-0.2, -0.15) is 5.10 Å². The molecular formula is C21H24N6O2. The molecule has 3 heterocycles. The fourth-order valence-corrected chi connectivity index (χ4v) is 3.43. The molecule has 0 unspecified atom stereocenters. The summed E-state index contributed by atoms with van der Waals surface area (Å²) in [6.45, 7) is 4.35. The molecule has 1 aromatic carbocycles. The number of carbonyl (C=O) groups excluding carboxylic acids is 2. The molecule has 0 saturated heterocycles. The molecule has 8 heteroatoms. The highest BCUT2D eigenvalue weighted by atomic mass is 16.2. The Labute approximate surface area is 168 Å². The third-order valence-electron chi connectivity index (χ3n) is 5.05. The molecule has 4 rings (SSSR count). The summed E-state index contributed by atoms with van der Waals surface area (Å²) in [7, 11) is 0. The van der Waals surface area contributed by atoms with Crippen LogP contribution in [0.2, 0.25) is 0 Å². The largest absolute Gasteiger partial charge is 0.350 e. The molecule has 1 aliphatic rings. The number of fused-ring (bicyclic) bond motifs is 1. The van der Waals surface area contributed by atoms with Gasteiger partial charge in [-0.15, -0.1) is 0 Å². The first-order valence-electron chi connectivity index (χ1n) is 9.78. The van der Waals surface area contributed by atoms with E-state index in [1.54, 1.807) is 23.3 Å². The van der Waals surface area contributed by atoms with Gasteiger partial charge in [-0.25, -0.2) is 4.98 Å². The summed E-state index contributed by atoms with van der Waals surface area (Å²) in [5.74, 6) is -0.366. The van der Waals surface area contributed by atoms with Crippen LogP contribution in [-0.2, 0) is 19.5 Å². The minimum atomic E-state index is -0.275. The van der Waals surface area contributed by atoms with Crippen molar-refractivity contribution in [1.82, 2.24) is 30.0 Å². The van der Waals surface area contributed by atoms with Crippen LogP contribution in [0.25, 0.3) is 0 Å². The lowest BCUT2D eigenvalue weighted by Gasteiger charge is -2.20. The average molecular weight is 392 g/mol. The lowest BCUT2D eigenvalue weighted by molar-refractivity contribution is 0.0745. The van der Waals surface area contributed by atoms with Crippen LogP contribution in [-0.4, -0.2) is 49.6 Å². The van der Waals surface area contributed by atoms with E-state index in [-0.39, 0.29) is 17.5 Å². The second-order valence-corrected chi connectivity index (χ2v) is 7.29. The van der Waals surface area contributed by atoms with Gasteiger partial charge in [-0.3, -0.25) is 14.3 Å². The van der Waals surface area contributed by atoms with Crippen LogP contribution in [0.4, 0.5) is 0 Å². The van der Waals surface area contributed by atoms with Gasteiger partial charge >= 0.3 is 0 Å². The van der Waals surface area contributed by atoms with Crippen molar-refractivity contribution < 1.29 is 9.59 Å². The predicted octanol–water partition coefficient (Wildman–Crippen LogP) is 1.93. The summed E-state index contributed by atoms with van der Waals surface area (Å²) in [6.07, 6.45) is 4.79. The van der Waals surface area contributed by atoms with Crippen molar-refractivity contribution in [3.63, 3.8) is 0 Å². The number of rotatable bonds is 6. The number of hydrogen-bond donors (Lipinski definition) is 2. The highest BCUT2D eigenvalue weighted by molar-refractivity contribution is 5.98. The maximum absolute atomic E-state index is 13.0. The molecule has 0 fully saturated rings. The average Bonchev–Trinajstić information content (AvgIpc) is 3.36. The minimum absolute atomic E-state index is 0.0907. The molecule has 2 N–H and O–H groups in total. The Morgan fingerprint density at radius 3 is 2.83 bits per heavy atom. The Morgan fingerprint density at radius 2 is 2.07 bits per heavy atom. The Morgan fingerprint density at radius 1 is 1.24 bits per heavy atom. The van der Waals surface area contributed by atoms with Crippen LogP contribution >= 0.6 is 0 Å². The molecule has 29 heavy (non-hydrogen) atoms. The molecule has 0 aliphatic carbocycles. The van der Waals surface area contributed by atoms with E-state index in [1.807, 2.05) is 36.1 Å². The lowest BCUT2D eigenvalue weighted by atomic mass is 10.1. The fraction of sp³-hybridized carbons (Fsp3) is 0.333. The first-order valence-corrected chi connectivity index (χ1v) is 9.78. The molecule has 0 radical (unpaired) electrons. The number of nitrogens with zero attached hydrogens (tertiary/aromatic N) is 4. The van der Waals surface area contributed by atoms with E-state index in [0.29, 0.717) is 38.3 Å². The summed E-state index contributed by atoms with van der Waals surface area (Å²) in [6, 6.07) is 9.79. The smallest absolute Gasteiger partial charge is 0.272 e. The zero-order valence-electron chi connectivity index (χ0n) is 16.4. The second-order valence-electron chi connectivity index (χ2n) is 7.29. The van der Waals surface area contributed by atoms with Gasteiger partial charge in [-0.05, 0) is 18.9 Å². The van der Waals surface area contributed by atoms with E-state index >= 15 is 0 Å². The Balaban J connectivity index is 1.43. The van der Waals surface area contributed by atoms with E-state index in [0.717, 1.165) is 17.7 Å². The van der Waals surface area contributed by atoms with E-state index in [4.69, 9.17) is 0 Å². The van der Waals surface area contributed by atoms with Crippen LogP contribution in [0.1, 0.15) is 44.2 Å². The van der Waals surface area contributed by atoms with E-state index < -0.39 is 0 Å². The van der Waals surface area contributed by atoms with Crippen molar-refractivity contribution in [2.75, 3.05) is 13.1 Å². The van der Waals surface area contributed by atoms with Crippen molar-refractivity contribution in [3.8, 4) is 0 Å². The summed E-state index contributed by atoms with van der Waals surface area (Å²) in [5, 5.41) is 7.21. The van der Waals surface area contributed by atoms with Crippen LogP contribution in [0.5, 0.6) is 0 Å². The van der Waals surface area contributed by atoms with Crippen molar-refractivity contribution in [1.29, 1.82) is 0 Å². The van der Waals surface area contributed by atoms with Crippen LogP contribution in [0.3, 0.4) is 0 Å². The Kier molecular flexibility index (Phi) is 5.41. The maximum atomic E-state index is 13.0. The van der Waals surface area contributed by atoms with Gasteiger partial charge in [0.1, 0.15) is 5.69 Å². The summed E-state index contributed by atoms with van der Waals surface area (Å²) >= 11 is 0. The third-order valence-corrected chi connectivity index (χ3v) is 5.05. The number of nitrogens with one attached hydrogen (secondary N) is 2. The zero-order chi connectivity index (χ0) is 20.2. The number of aromatic amines is 1. The number of imidazole rings is 1. The second kappa shape index (κ2) is 8.30. The predicted molar refractivity (Wildman–Crippen MR) is 107 cm³/mol. The summed E-state index contributed by atoms with van der Waals surface area (Å²) in [5.41, 5.74) is 3.97. The number of aromatic nitrogens is 4. The fourth-order valence-electron chi connectivity index (χ4n) is 3.43. The van der Waals surface area contributed by atoms with Gasteiger partial charge in [-0.1, -0.05) is 29.8 Å². The van der Waals surface area contributed by atoms with Gasteiger partial charge in [0.2, 0.25) is 0 Å². The molecule has 2 aromatic heterocycles. The molecule has 3 aromatic rings. The van der Waals surface area contributed by atoms with Gasteiger partial charge in [0.15, 0.2) is 5.69 Å². The number of H-pyrrole nitrogens is 1. The maximum Gasteiger partial charge on any atom is 0.272 e. The van der Waals surface area contributed by atoms with E-state index in [2.05, 4.69) is 20.4 Å². The minimum Gasteiger partial charge on any atom is -0.350 e. The number of aryl methyl sites for hydroxylation is 2. The highest BCUT2D eigenvalue weighted by Crippen LogP contribution is 2.17. The number of hydrogen-bond acceptors (Lipinski definition) is 4. The molecule has 2 amide bonds. The van der Waals surface area contributed by atoms with E-state index in [9.17, 15) is 9.59 Å². The van der Waals surface area contributed by atoms with Crippen molar-refractivity contribution in [3.05, 3.63) is 71.1 Å². The van der Waals surface area contributed by atoms with Crippen LogP contribution in [0.15, 0.2) is 42.9 Å². The molecule has 0 spiro atoms. The molecular weight excluding hydrogens is 368 g/mol. The van der Waals surface area contributed by atoms with Gasteiger partial charge in [0, 0.05) is 50.6 Å². The normalized spacial score (nSPS) is 13.8. The number of amides is 2. The van der Waals surface area contributed by atoms with Gasteiger partial charge < -0.3 is 15.2 Å². The lowest BCUT2D eigenvalue weighted by Crippen LogP contribution is -2.30. The third kappa shape index (κ3) is 4.37.